The minimum atomic E-state index is -0.0274. The van der Waals surface area contributed by atoms with Crippen LogP contribution in [-0.4, -0.2) is 11.0 Å². The van der Waals surface area contributed by atoms with Crippen molar-refractivity contribution < 1.29 is 4.79 Å². The SMILES string of the molecule is CC.Cn1c(=O)cc(Sc2ccc(NC=O)cc2)c2ccccc21. The minimum absolute atomic E-state index is 0.0274. The van der Waals surface area contributed by atoms with Gasteiger partial charge in [0.15, 0.2) is 0 Å². The maximum Gasteiger partial charge on any atom is 0.251 e. The number of anilines is 1. The average molecular weight is 340 g/mol. The van der Waals surface area contributed by atoms with Crippen LogP contribution in [0.25, 0.3) is 10.9 Å². The van der Waals surface area contributed by atoms with Crippen molar-refractivity contribution in [3.63, 3.8) is 0 Å². The number of nitrogens with one attached hydrogen (secondary N) is 1. The highest BCUT2D eigenvalue weighted by Crippen LogP contribution is 2.32. The van der Waals surface area contributed by atoms with Gasteiger partial charge in [0.25, 0.3) is 5.56 Å². The van der Waals surface area contributed by atoms with Crippen LogP contribution >= 0.6 is 11.8 Å². The van der Waals surface area contributed by atoms with Crippen LogP contribution in [0.5, 0.6) is 0 Å². The molecule has 0 saturated carbocycles. The van der Waals surface area contributed by atoms with Crippen LogP contribution in [0, 0.1) is 0 Å². The summed E-state index contributed by atoms with van der Waals surface area (Å²) in [5.41, 5.74) is 1.63. The van der Waals surface area contributed by atoms with E-state index in [0.717, 1.165) is 26.4 Å². The molecule has 0 aliphatic carbocycles. The first-order chi connectivity index (χ1) is 11.7. The second-order valence-corrected chi connectivity index (χ2v) is 5.93. The molecule has 0 aliphatic heterocycles. The topological polar surface area (TPSA) is 51.1 Å². The van der Waals surface area contributed by atoms with Gasteiger partial charge in [-0.05, 0) is 30.3 Å². The zero-order valence-electron chi connectivity index (χ0n) is 13.9. The molecule has 4 nitrogen and oxygen atoms in total. The number of benzene rings is 2. The summed E-state index contributed by atoms with van der Waals surface area (Å²) in [6.45, 7) is 4.00. The molecule has 2 aromatic carbocycles. The lowest BCUT2D eigenvalue weighted by Crippen LogP contribution is -2.15. The molecule has 0 aliphatic rings. The molecule has 1 N–H and O–H groups in total. The van der Waals surface area contributed by atoms with E-state index in [4.69, 9.17) is 0 Å². The smallest absolute Gasteiger partial charge is 0.251 e. The quantitative estimate of drug-likeness (QED) is 0.721. The van der Waals surface area contributed by atoms with E-state index in [-0.39, 0.29) is 5.56 Å². The van der Waals surface area contributed by atoms with Crippen molar-refractivity contribution in [2.24, 2.45) is 7.05 Å². The number of amides is 1. The number of rotatable bonds is 4. The van der Waals surface area contributed by atoms with Gasteiger partial charge in [-0.3, -0.25) is 9.59 Å². The van der Waals surface area contributed by atoms with Crippen molar-refractivity contribution >= 4 is 34.8 Å². The van der Waals surface area contributed by atoms with E-state index in [0.29, 0.717) is 6.41 Å². The van der Waals surface area contributed by atoms with Crippen LogP contribution < -0.4 is 10.9 Å². The molecule has 1 amide bonds. The third-order valence-electron chi connectivity index (χ3n) is 3.42. The number of hydrogen-bond acceptors (Lipinski definition) is 3. The van der Waals surface area contributed by atoms with E-state index in [1.54, 1.807) is 17.7 Å². The fourth-order valence-corrected chi connectivity index (χ4v) is 3.25. The number of nitrogens with zero attached hydrogens (tertiary/aromatic N) is 1. The highest BCUT2D eigenvalue weighted by Gasteiger charge is 2.07. The first-order valence-corrected chi connectivity index (χ1v) is 8.57. The molecule has 0 unspecified atom stereocenters. The summed E-state index contributed by atoms with van der Waals surface area (Å²) in [7, 11) is 1.78. The highest BCUT2D eigenvalue weighted by molar-refractivity contribution is 7.99. The normalized spacial score (nSPS) is 9.96. The number of aryl methyl sites for hydroxylation is 1. The van der Waals surface area contributed by atoms with Crippen LogP contribution in [0.1, 0.15) is 13.8 Å². The second-order valence-electron chi connectivity index (χ2n) is 4.81. The first kappa shape index (κ1) is 17.8. The van der Waals surface area contributed by atoms with Crippen LogP contribution in [0.2, 0.25) is 0 Å². The molecular weight excluding hydrogens is 320 g/mol. The molecular formula is C19H20N2O2S. The van der Waals surface area contributed by atoms with Crippen molar-refractivity contribution in [2.45, 2.75) is 23.6 Å². The fraction of sp³-hybridized carbons (Fsp3) is 0.158. The van der Waals surface area contributed by atoms with Crippen molar-refractivity contribution in [2.75, 3.05) is 5.32 Å². The molecule has 0 saturated heterocycles. The van der Waals surface area contributed by atoms with Gasteiger partial charge in [-0.2, -0.15) is 0 Å². The predicted molar refractivity (Wildman–Crippen MR) is 101 cm³/mol. The molecule has 0 bridgehead atoms. The van der Waals surface area contributed by atoms with Crippen LogP contribution in [0.4, 0.5) is 5.69 Å². The van der Waals surface area contributed by atoms with E-state index in [9.17, 15) is 9.59 Å². The Labute approximate surface area is 145 Å². The van der Waals surface area contributed by atoms with Gasteiger partial charge < -0.3 is 9.88 Å². The third kappa shape index (κ3) is 3.86. The molecule has 0 atom stereocenters. The van der Waals surface area contributed by atoms with Gasteiger partial charge in [-0.15, -0.1) is 0 Å². The van der Waals surface area contributed by atoms with Gasteiger partial charge >= 0.3 is 0 Å². The maximum absolute atomic E-state index is 12.1. The molecule has 0 radical (unpaired) electrons. The van der Waals surface area contributed by atoms with Gasteiger partial charge in [-0.25, -0.2) is 0 Å². The lowest BCUT2D eigenvalue weighted by atomic mass is 10.2. The number of hydrogen-bond donors (Lipinski definition) is 1. The fourth-order valence-electron chi connectivity index (χ4n) is 2.28. The van der Waals surface area contributed by atoms with Crippen molar-refractivity contribution in [3.8, 4) is 0 Å². The third-order valence-corrected chi connectivity index (χ3v) is 4.49. The van der Waals surface area contributed by atoms with E-state index < -0.39 is 0 Å². The first-order valence-electron chi connectivity index (χ1n) is 7.76. The van der Waals surface area contributed by atoms with Gasteiger partial charge in [0.2, 0.25) is 6.41 Å². The van der Waals surface area contributed by atoms with E-state index >= 15 is 0 Å². The molecule has 1 aromatic heterocycles. The van der Waals surface area contributed by atoms with Crippen molar-refractivity contribution in [1.29, 1.82) is 0 Å². The molecule has 3 rings (SSSR count). The molecule has 0 fully saturated rings. The van der Waals surface area contributed by atoms with Crippen LogP contribution in [0.3, 0.4) is 0 Å². The largest absolute Gasteiger partial charge is 0.329 e. The lowest BCUT2D eigenvalue weighted by Gasteiger charge is -2.10. The summed E-state index contributed by atoms with van der Waals surface area (Å²) in [5, 5.41) is 3.65. The summed E-state index contributed by atoms with van der Waals surface area (Å²) < 4.78 is 1.65. The zero-order chi connectivity index (χ0) is 17.5. The number of carbonyl (C=O) groups excluding carboxylic acids is 1. The number of carbonyl (C=O) groups is 1. The van der Waals surface area contributed by atoms with E-state index in [1.807, 2.05) is 62.4 Å². The second kappa shape index (κ2) is 8.36. The minimum Gasteiger partial charge on any atom is -0.329 e. The Morgan fingerprint density at radius 1 is 1.04 bits per heavy atom. The highest BCUT2D eigenvalue weighted by atomic mass is 32.2. The van der Waals surface area contributed by atoms with E-state index in [2.05, 4.69) is 5.32 Å². The molecule has 3 aromatic rings. The Balaban J connectivity index is 0.00000100. The molecule has 1 heterocycles. The summed E-state index contributed by atoms with van der Waals surface area (Å²) in [5.74, 6) is 0. The van der Waals surface area contributed by atoms with Crippen LogP contribution in [-0.2, 0) is 11.8 Å². The zero-order valence-corrected chi connectivity index (χ0v) is 14.8. The Morgan fingerprint density at radius 2 is 1.71 bits per heavy atom. The number of pyridine rings is 1. The summed E-state index contributed by atoms with van der Waals surface area (Å²) in [6, 6.07) is 17.0. The Hall–Kier alpha value is -2.53. The summed E-state index contributed by atoms with van der Waals surface area (Å²) >= 11 is 1.54. The number of fused-ring (bicyclic) bond motifs is 1. The Kier molecular flexibility index (Phi) is 6.21. The Morgan fingerprint density at radius 3 is 2.38 bits per heavy atom. The lowest BCUT2D eigenvalue weighted by molar-refractivity contribution is -0.105. The maximum atomic E-state index is 12.1. The number of aromatic nitrogens is 1. The van der Waals surface area contributed by atoms with Gasteiger partial charge in [0.1, 0.15) is 0 Å². The summed E-state index contributed by atoms with van der Waals surface area (Å²) in [6.07, 6.45) is 0.649. The average Bonchev–Trinajstić information content (AvgIpc) is 2.63. The van der Waals surface area contributed by atoms with Crippen LogP contribution in [0.15, 0.2) is 69.2 Å². The van der Waals surface area contributed by atoms with Crippen molar-refractivity contribution in [3.05, 3.63) is 65.0 Å². The predicted octanol–water partition coefficient (Wildman–Crippen LogP) is 4.28. The molecule has 0 spiro atoms. The van der Waals surface area contributed by atoms with Crippen molar-refractivity contribution in [1.82, 2.24) is 4.57 Å². The van der Waals surface area contributed by atoms with E-state index in [1.165, 1.54) is 11.8 Å². The Bertz CT molecular complexity index is 886. The van der Waals surface area contributed by atoms with Gasteiger partial charge in [-0.1, -0.05) is 43.8 Å². The van der Waals surface area contributed by atoms with Gasteiger partial charge in [0.05, 0.1) is 5.52 Å². The monoisotopic (exact) mass is 340 g/mol. The molecule has 24 heavy (non-hydrogen) atoms. The number of para-hydroxylation sites is 1. The van der Waals surface area contributed by atoms with Gasteiger partial charge in [0, 0.05) is 34.0 Å². The molecule has 124 valence electrons. The standard InChI is InChI=1S/C17H14N2O2S.C2H6/c1-19-15-5-3-2-4-14(15)16(10-17(19)21)22-13-8-6-12(7-9-13)18-11-20;1-2/h2-11H,1H3,(H,18,20);1-2H3. The molecule has 5 heteroatoms. The summed E-state index contributed by atoms with van der Waals surface area (Å²) in [4.78, 5) is 24.4.